The van der Waals surface area contributed by atoms with Crippen LogP contribution in [0.4, 0.5) is 0 Å². The van der Waals surface area contributed by atoms with Crippen LogP contribution >= 0.6 is 0 Å². The lowest BCUT2D eigenvalue weighted by molar-refractivity contribution is -0.137. The molecule has 2 rings (SSSR count). The number of rotatable bonds is 4. The molecule has 0 spiro atoms. The summed E-state index contributed by atoms with van der Waals surface area (Å²) >= 11 is 0. The average Bonchev–Trinajstić information content (AvgIpc) is 3.12. The smallest absolute Gasteiger partial charge is 0.240 e. The number of amides is 1. The van der Waals surface area contributed by atoms with Crippen molar-refractivity contribution in [2.24, 2.45) is 11.7 Å². The molecular weight excluding hydrogens is 226 g/mol. The number of likely N-dealkylation sites (N-methyl/N-ethyl adjacent to an activating group) is 1. The molecule has 4 nitrogen and oxygen atoms in total. The molecule has 0 aromatic rings. The van der Waals surface area contributed by atoms with Gasteiger partial charge in [0.25, 0.3) is 0 Å². The summed E-state index contributed by atoms with van der Waals surface area (Å²) in [4.78, 5) is 17.0. The molecule has 0 bridgehead atoms. The molecule has 0 unspecified atom stereocenters. The lowest BCUT2D eigenvalue weighted by Gasteiger charge is -2.39. The molecule has 0 radical (unpaired) electrons. The molecular formula is C14H27N3O. The lowest BCUT2D eigenvalue weighted by atomic mass is 9.99. The Hall–Kier alpha value is -0.610. The van der Waals surface area contributed by atoms with E-state index in [4.69, 9.17) is 5.73 Å². The van der Waals surface area contributed by atoms with E-state index in [2.05, 4.69) is 16.8 Å². The van der Waals surface area contributed by atoms with Crippen LogP contribution in [0.3, 0.4) is 0 Å². The van der Waals surface area contributed by atoms with E-state index < -0.39 is 0 Å². The zero-order valence-electron chi connectivity index (χ0n) is 11.9. The van der Waals surface area contributed by atoms with Crippen LogP contribution in [-0.4, -0.2) is 54.0 Å². The summed E-state index contributed by atoms with van der Waals surface area (Å²) in [6.07, 6.45) is 4.65. The van der Waals surface area contributed by atoms with Crippen molar-refractivity contribution in [1.82, 2.24) is 9.80 Å². The number of nitrogens with zero attached hydrogens (tertiary/aromatic N) is 2. The second kappa shape index (κ2) is 5.57. The first-order chi connectivity index (χ1) is 8.50. The second-order valence-corrected chi connectivity index (χ2v) is 6.30. The highest BCUT2D eigenvalue weighted by molar-refractivity contribution is 5.82. The summed E-state index contributed by atoms with van der Waals surface area (Å²) in [6.45, 7) is 6.22. The van der Waals surface area contributed by atoms with Crippen molar-refractivity contribution in [2.45, 2.75) is 57.7 Å². The molecule has 18 heavy (non-hydrogen) atoms. The van der Waals surface area contributed by atoms with Crippen molar-refractivity contribution < 1.29 is 4.79 Å². The minimum Gasteiger partial charge on any atom is -0.334 e. The normalized spacial score (nSPS) is 27.3. The largest absolute Gasteiger partial charge is 0.334 e. The molecule has 1 amide bonds. The van der Waals surface area contributed by atoms with Crippen LogP contribution in [0.15, 0.2) is 0 Å². The van der Waals surface area contributed by atoms with Gasteiger partial charge in [-0.1, -0.05) is 13.8 Å². The van der Waals surface area contributed by atoms with E-state index in [1.54, 1.807) is 0 Å². The van der Waals surface area contributed by atoms with Crippen molar-refractivity contribution in [3.05, 3.63) is 0 Å². The SMILES string of the molecule is CC(C)[C@H](N)C(=O)N(C1CC1)[C@H]1CCCN(C)C1. The van der Waals surface area contributed by atoms with Gasteiger partial charge < -0.3 is 15.5 Å². The molecule has 104 valence electrons. The van der Waals surface area contributed by atoms with Crippen LogP contribution in [0.5, 0.6) is 0 Å². The van der Waals surface area contributed by atoms with Gasteiger partial charge in [0, 0.05) is 18.6 Å². The number of hydrogen-bond donors (Lipinski definition) is 1. The highest BCUT2D eigenvalue weighted by Gasteiger charge is 2.40. The van der Waals surface area contributed by atoms with Gasteiger partial charge in [0.1, 0.15) is 0 Å². The van der Waals surface area contributed by atoms with Crippen molar-refractivity contribution >= 4 is 5.91 Å². The van der Waals surface area contributed by atoms with Crippen LogP contribution in [0.2, 0.25) is 0 Å². The van der Waals surface area contributed by atoms with E-state index in [1.807, 2.05) is 13.8 Å². The average molecular weight is 253 g/mol. The quantitative estimate of drug-likeness (QED) is 0.815. The maximum absolute atomic E-state index is 12.6. The van der Waals surface area contributed by atoms with Gasteiger partial charge in [-0.15, -0.1) is 0 Å². The van der Waals surface area contributed by atoms with E-state index in [9.17, 15) is 4.79 Å². The summed E-state index contributed by atoms with van der Waals surface area (Å²) in [6, 6.07) is 0.519. The molecule has 1 heterocycles. The van der Waals surface area contributed by atoms with Crippen LogP contribution in [0.1, 0.15) is 39.5 Å². The Labute approximate surface area is 110 Å². The van der Waals surface area contributed by atoms with E-state index in [0.29, 0.717) is 12.1 Å². The molecule has 2 aliphatic rings. The molecule has 2 fully saturated rings. The molecule has 2 atom stereocenters. The summed E-state index contributed by atoms with van der Waals surface area (Å²) in [7, 11) is 2.14. The van der Waals surface area contributed by atoms with Gasteiger partial charge in [-0.25, -0.2) is 0 Å². The summed E-state index contributed by atoms with van der Waals surface area (Å²) in [5.74, 6) is 0.396. The standard InChI is InChI=1S/C14H27N3O/c1-10(2)13(15)14(18)17(11-6-7-11)12-5-4-8-16(3)9-12/h10-13H,4-9,15H2,1-3H3/t12-,13-/m0/s1. The van der Waals surface area contributed by atoms with Crippen molar-refractivity contribution in [1.29, 1.82) is 0 Å². The van der Waals surface area contributed by atoms with E-state index in [1.165, 1.54) is 6.42 Å². The minimum absolute atomic E-state index is 0.174. The van der Waals surface area contributed by atoms with Crippen LogP contribution in [0.25, 0.3) is 0 Å². The molecule has 1 aliphatic carbocycles. The van der Waals surface area contributed by atoms with Gasteiger partial charge in [-0.2, -0.15) is 0 Å². The maximum Gasteiger partial charge on any atom is 0.240 e. The Kier molecular flexibility index (Phi) is 4.28. The predicted molar refractivity (Wildman–Crippen MR) is 73.2 cm³/mol. The first-order valence-corrected chi connectivity index (χ1v) is 7.27. The number of hydrogen-bond acceptors (Lipinski definition) is 3. The Balaban J connectivity index is 2.05. The van der Waals surface area contributed by atoms with Crippen molar-refractivity contribution in [2.75, 3.05) is 20.1 Å². The third-order valence-electron chi connectivity index (χ3n) is 4.19. The number of piperidine rings is 1. The first-order valence-electron chi connectivity index (χ1n) is 7.27. The summed E-state index contributed by atoms with van der Waals surface area (Å²) in [5, 5.41) is 0. The van der Waals surface area contributed by atoms with Gasteiger partial charge in [0.2, 0.25) is 5.91 Å². The molecule has 0 aromatic heterocycles. The molecule has 0 aromatic carbocycles. The van der Waals surface area contributed by atoms with Crippen LogP contribution in [0, 0.1) is 5.92 Å². The number of likely N-dealkylation sites (tertiary alicyclic amines) is 1. The van der Waals surface area contributed by atoms with E-state index in [0.717, 1.165) is 32.4 Å². The number of nitrogens with two attached hydrogens (primary N) is 1. The molecule has 1 aliphatic heterocycles. The molecule has 1 saturated carbocycles. The second-order valence-electron chi connectivity index (χ2n) is 6.30. The van der Waals surface area contributed by atoms with Gasteiger partial charge in [0.15, 0.2) is 0 Å². The fourth-order valence-corrected chi connectivity index (χ4v) is 2.83. The third-order valence-corrected chi connectivity index (χ3v) is 4.19. The fourth-order valence-electron chi connectivity index (χ4n) is 2.83. The summed E-state index contributed by atoms with van der Waals surface area (Å²) in [5.41, 5.74) is 6.06. The first kappa shape index (κ1) is 13.8. The monoisotopic (exact) mass is 253 g/mol. The van der Waals surface area contributed by atoms with E-state index in [-0.39, 0.29) is 17.9 Å². The molecule has 4 heteroatoms. The zero-order valence-corrected chi connectivity index (χ0v) is 11.9. The number of carbonyl (C=O) groups is 1. The fraction of sp³-hybridized carbons (Fsp3) is 0.929. The Morgan fingerprint density at radius 3 is 2.44 bits per heavy atom. The summed E-state index contributed by atoms with van der Waals surface area (Å²) < 4.78 is 0. The van der Waals surface area contributed by atoms with Crippen LogP contribution in [-0.2, 0) is 4.79 Å². The third kappa shape index (κ3) is 3.04. The van der Waals surface area contributed by atoms with Gasteiger partial charge in [0.05, 0.1) is 6.04 Å². The minimum atomic E-state index is -0.335. The van der Waals surface area contributed by atoms with Gasteiger partial charge >= 0.3 is 0 Å². The zero-order chi connectivity index (χ0) is 13.3. The van der Waals surface area contributed by atoms with Crippen molar-refractivity contribution in [3.8, 4) is 0 Å². The van der Waals surface area contributed by atoms with Crippen LogP contribution < -0.4 is 5.73 Å². The molecule has 1 saturated heterocycles. The van der Waals surface area contributed by atoms with Crippen molar-refractivity contribution in [3.63, 3.8) is 0 Å². The predicted octanol–water partition coefficient (Wildman–Crippen LogP) is 1.05. The maximum atomic E-state index is 12.6. The Morgan fingerprint density at radius 1 is 1.28 bits per heavy atom. The highest BCUT2D eigenvalue weighted by atomic mass is 16.2. The van der Waals surface area contributed by atoms with Gasteiger partial charge in [-0.05, 0) is 45.2 Å². The number of carbonyl (C=O) groups excluding carboxylic acids is 1. The molecule has 2 N–H and O–H groups in total. The lowest BCUT2D eigenvalue weighted by Crippen LogP contribution is -2.55. The van der Waals surface area contributed by atoms with Gasteiger partial charge in [-0.3, -0.25) is 4.79 Å². The highest BCUT2D eigenvalue weighted by Crippen LogP contribution is 2.32. The Bertz CT molecular complexity index is 301. The Morgan fingerprint density at radius 2 is 1.94 bits per heavy atom. The topological polar surface area (TPSA) is 49.6 Å². The van der Waals surface area contributed by atoms with E-state index >= 15 is 0 Å².